The molecule has 1 saturated heterocycles. The van der Waals surface area contributed by atoms with E-state index >= 15 is 0 Å². The molecule has 3 heterocycles. The van der Waals surface area contributed by atoms with Crippen molar-refractivity contribution in [2.45, 2.75) is 52.6 Å². The Bertz CT molecular complexity index is 897. The molecule has 4 rings (SSSR count). The molecule has 1 aliphatic heterocycles. The number of rotatable bonds is 4. The molecule has 0 amide bonds. The van der Waals surface area contributed by atoms with E-state index in [1.807, 2.05) is 13.0 Å². The fraction of sp³-hybridized carbons (Fsp3) is 0.591. The van der Waals surface area contributed by atoms with Gasteiger partial charge in [-0.15, -0.1) is 0 Å². The number of pyridine rings is 1. The van der Waals surface area contributed by atoms with Crippen LogP contribution in [0.15, 0.2) is 12.1 Å². The molecule has 2 aromatic heterocycles. The maximum Gasteiger partial charge on any atom is 0.224 e. The number of anilines is 1. The highest BCUT2D eigenvalue weighted by Gasteiger charge is 2.42. The van der Waals surface area contributed by atoms with Crippen LogP contribution in [-0.4, -0.2) is 40.3 Å². The van der Waals surface area contributed by atoms with E-state index in [1.165, 1.54) is 32.1 Å². The Balaban J connectivity index is 1.64. The molecule has 1 N–H and O–H groups in total. The maximum absolute atomic E-state index is 10.0. The lowest BCUT2D eigenvalue weighted by atomic mass is 9.71. The molecular formula is C22H29ClN4O2. The molecule has 7 heteroatoms. The third-order valence-electron chi connectivity index (χ3n) is 6.96. The first kappa shape index (κ1) is 20.4. The Morgan fingerprint density at radius 1 is 1.21 bits per heavy atom. The van der Waals surface area contributed by atoms with Crippen molar-refractivity contribution in [1.82, 2.24) is 15.0 Å². The number of aromatic nitrogens is 3. The zero-order valence-corrected chi connectivity index (χ0v) is 18.2. The molecule has 0 aromatic carbocycles. The summed E-state index contributed by atoms with van der Waals surface area (Å²) in [5, 5.41) is 10.4. The van der Waals surface area contributed by atoms with Crippen LogP contribution in [0.1, 0.15) is 50.4 Å². The van der Waals surface area contributed by atoms with Gasteiger partial charge in [0.05, 0.1) is 30.7 Å². The highest BCUT2D eigenvalue weighted by Crippen LogP contribution is 2.50. The fourth-order valence-corrected chi connectivity index (χ4v) is 5.27. The minimum atomic E-state index is -0.156. The molecular weight excluding hydrogens is 388 g/mol. The van der Waals surface area contributed by atoms with E-state index in [1.54, 1.807) is 13.2 Å². The normalized spacial score (nSPS) is 21.0. The van der Waals surface area contributed by atoms with Crippen LogP contribution in [0.2, 0.25) is 5.15 Å². The second kappa shape index (κ2) is 8.07. The van der Waals surface area contributed by atoms with Crippen LogP contribution in [0, 0.1) is 18.3 Å². The minimum Gasteiger partial charge on any atom is -0.480 e. The first-order valence-corrected chi connectivity index (χ1v) is 10.8. The number of methoxy groups -OCH3 is 1. The van der Waals surface area contributed by atoms with Gasteiger partial charge in [0, 0.05) is 13.1 Å². The zero-order chi connectivity index (χ0) is 20.6. The highest BCUT2D eigenvalue weighted by atomic mass is 35.5. The van der Waals surface area contributed by atoms with E-state index in [-0.39, 0.29) is 6.61 Å². The zero-order valence-electron chi connectivity index (χ0n) is 17.4. The number of aryl methyl sites for hydroxylation is 1. The Morgan fingerprint density at radius 2 is 1.97 bits per heavy atom. The molecule has 2 fully saturated rings. The summed E-state index contributed by atoms with van der Waals surface area (Å²) < 4.78 is 5.38. The van der Waals surface area contributed by atoms with Gasteiger partial charge in [-0.1, -0.05) is 31.4 Å². The van der Waals surface area contributed by atoms with Gasteiger partial charge in [0.1, 0.15) is 10.8 Å². The summed E-state index contributed by atoms with van der Waals surface area (Å²) in [6.07, 6.45) is 6.44. The van der Waals surface area contributed by atoms with Crippen molar-refractivity contribution in [2.75, 3.05) is 25.1 Å². The van der Waals surface area contributed by atoms with Crippen LogP contribution >= 0.6 is 11.6 Å². The van der Waals surface area contributed by atoms with Gasteiger partial charge in [-0.3, -0.25) is 0 Å². The monoisotopic (exact) mass is 416 g/mol. The lowest BCUT2D eigenvalue weighted by Gasteiger charge is -2.43. The average Bonchev–Trinajstić information content (AvgIpc) is 3.08. The van der Waals surface area contributed by atoms with Crippen molar-refractivity contribution in [3.63, 3.8) is 0 Å². The molecule has 6 nitrogen and oxygen atoms in total. The van der Waals surface area contributed by atoms with Crippen LogP contribution in [0.3, 0.4) is 0 Å². The Labute approximate surface area is 177 Å². The predicted octanol–water partition coefficient (Wildman–Crippen LogP) is 4.41. The minimum absolute atomic E-state index is 0.156. The third-order valence-corrected chi connectivity index (χ3v) is 7.17. The largest absolute Gasteiger partial charge is 0.480 e. The van der Waals surface area contributed by atoms with E-state index < -0.39 is 0 Å². The number of nitrogens with zero attached hydrogens (tertiary/aromatic N) is 4. The SMILES string of the molecule is COc1nc(Cl)ccc1-c1nc(CO)c(N2CCC3(CCC[C@H]3C)CC2)nc1C. The van der Waals surface area contributed by atoms with Crippen LogP contribution in [-0.2, 0) is 6.61 Å². The number of ether oxygens (including phenoxy) is 1. The first-order chi connectivity index (χ1) is 14.0. The number of halogens is 1. The topological polar surface area (TPSA) is 71.4 Å². The van der Waals surface area contributed by atoms with Gasteiger partial charge in [-0.05, 0) is 49.7 Å². The molecule has 1 aliphatic carbocycles. The van der Waals surface area contributed by atoms with Gasteiger partial charge in [0.2, 0.25) is 5.88 Å². The summed E-state index contributed by atoms with van der Waals surface area (Å²) in [6, 6.07) is 3.54. The summed E-state index contributed by atoms with van der Waals surface area (Å²) in [5.74, 6) is 2.01. The molecule has 2 aliphatic rings. The van der Waals surface area contributed by atoms with Crippen molar-refractivity contribution in [1.29, 1.82) is 0 Å². The van der Waals surface area contributed by atoms with Gasteiger partial charge in [-0.2, -0.15) is 0 Å². The lowest BCUT2D eigenvalue weighted by molar-refractivity contribution is 0.161. The molecule has 0 bridgehead atoms. The smallest absolute Gasteiger partial charge is 0.224 e. The van der Waals surface area contributed by atoms with Crippen molar-refractivity contribution in [2.24, 2.45) is 11.3 Å². The molecule has 0 radical (unpaired) electrons. The standard InChI is InChI=1S/C22H29ClN4O2/c1-14-5-4-8-22(14)9-11-27(12-10-22)20-17(13-28)25-19(15(2)24-20)16-6-7-18(23)26-21(16)29-3/h6-7,14,28H,4-5,8-13H2,1-3H3/t14-/m1/s1. The second-order valence-electron chi connectivity index (χ2n) is 8.42. The number of aliphatic hydroxyl groups excluding tert-OH is 1. The van der Waals surface area contributed by atoms with Crippen LogP contribution in [0.25, 0.3) is 11.3 Å². The first-order valence-electron chi connectivity index (χ1n) is 10.4. The Kier molecular flexibility index (Phi) is 5.67. The summed E-state index contributed by atoms with van der Waals surface area (Å²) in [6.45, 7) is 6.13. The van der Waals surface area contributed by atoms with Gasteiger partial charge >= 0.3 is 0 Å². The molecule has 1 saturated carbocycles. The summed E-state index contributed by atoms with van der Waals surface area (Å²) in [7, 11) is 1.56. The molecule has 1 spiro atoms. The molecule has 2 aromatic rings. The van der Waals surface area contributed by atoms with Crippen LogP contribution in [0.5, 0.6) is 5.88 Å². The van der Waals surface area contributed by atoms with Gasteiger partial charge in [0.15, 0.2) is 5.82 Å². The maximum atomic E-state index is 10.0. The van der Waals surface area contributed by atoms with Crippen molar-refractivity contribution in [3.8, 4) is 17.1 Å². The summed E-state index contributed by atoms with van der Waals surface area (Å²) in [5.41, 5.74) is 3.27. The van der Waals surface area contributed by atoms with Crippen molar-refractivity contribution >= 4 is 17.4 Å². The van der Waals surface area contributed by atoms with Crippen LogP contribution < -0.4 is 9.64 Å². The van der Waals surface area contributed by atoms with Gasteiger partial charge in [-0.25, -0.2) is 15.0 Å². The van der Waals surface area contributed by atoms with E-state index in [4.69, 9.17) is 26.3 Å². The molecule has 1 atom stereocenters. The number of hydrogen-bond donors (Lipinski definition) is 1. The number of piperidine rings is 1. The summed E-state index contributed by atoms with van der Waals surface area (Å²) >= 11 is 6.00. The Hall–Kier alpha value is -1.92. The van der Waals surface area contributed by atoms with Gasteiger partial charge < -0.3 is 14.7 Å². The molecule has 29 heavy (non-hydrogen) atoms. The average molecular weight is 417 g/mol. The molecule has 156 valence electrons. The lowest BCUT2D eigenvalue weighted by Crippen LogP contribution is -2.42. The highest BCUT2D eigenvalue weighted by molar-refractivity contribution is 6.29. The van der Waals surface area contributed by atoms with Gasteiger partial charge in [0.25, 0.3) is 0 Å². The van der Waals surface area contributed by atoms with Crippen molar-refractivity contribution in [3.05, 3.63) is 28.7 Å². The van der Waals surface area contributed by atoms with Crippen LogP contribution in [0.4, 0.5) is 5.82 Å². The Morgan fingerprint density at radius 3 is 2.59 bits per heavy atom. The van der Waals surface area contributed by atoms with E-state index in [0.717, 1.165) is 36.1 Å². The van der Waals surface area contributed by atoms with Crippen molar-refractivity contribution < 1.29 is 9.84 Å². The number of hydrogen-bond acceptors (Lipinski definition) is 6. The number of aliphatic hydroxyl groups is 1. The fourth-order valence-electron chi connectivity index (χ4n) is 5.13. The third kappa shape index (κ3) is 3.68. The predicted molar refractivity (Wildman–Crippen MR) is 114 cm³/mol. The van der Waals surface area contributed by atoms with E-state index in [2.05, 4.69) is 16.8 Å². The van der Waals surface area contributed by atoms with E-state index in [0.29, 0.717) is 27.8 Å². The van der Waals surface area contributed by atoms with E-state index in [9.17, 15) is 5.11 Å². The summed E-state index contributed by atoms with van der Waals surface area (Å²) in [4.78, 5) is 16.1. The second-order valence-corrected chi connectivity index (χ2v) is 8.81. The molecule has 0 unspecified atom stereocenters. The quantitative estimate of drug-likeness (QED) is 0.744.